The van der Waals surface area contributed by atoms with E-state index in [0.717, 1.165) is 70.6 Å². The summed E-state index contributed by atoms with van der Waals surface area (Å²) >= 11 is 0. The van der Waals surface area contributed by atoms with Gasteiger partial charge in [0.05, 0.1) is 22.1 Å². The molecule has 5 amide bonds. The highest BCUT2D eigenvalue weighted by Gasteiger charge is 2.57. The van der Waals surface area contributed by atoms with E-state index >= 15 is 0 Å². The van der Waals surface area contributed by atoms with E-state index in [1.165, 1.54) is 6.08 Å². The van der Waals surface area contributed by atoms with Gasteiger partial charge in [-0.25, -0.2) is 13.2 Å². The van der Waals surface area contributed by atoms with Crippen LogP contribution in [0, 0.1) is 23.2 Å². The number of urea groups is 1. The Bertz CT molecular complexity index is 1460. The van der Waals surface area contributed by atoms with Gasteiger partial charge in [-0.05, 0) is 88.9 Å². The van der Waals surface area contributed by atoms with Crippen molar-refractivity contribution >= 4 is 39.4 Å². The normalized spacial score (nSPS) is 25.4. The van der Waals surface area contributed by atoms with Crippen LogP contribution in [0.15, 0.2) is 12.7 Å². The van der Waals surface area contributed by atoms with Crippen molar-refractivity contribution in [1.82, 2.24) is 26.2 Å². The van der Waals surface area contributed by atoms with Crippen molar-refractivity contribution in [3.05, 3.63) is 12.7 Å². The molecule has 0 spiro atoms. The molecule has 300 valence electrons. The number of unbranched alkanes of at least 4 members (excludes halogenated alkanes) is 1. The zero-order chi connectivity index (χ0) is 39.2. The summed E-state index contributed by atoms with van der Waals surface area (Å²) in [6.07, 6.45) is 12.8. The number of amides is 5. The second kappa shape index (κ2) is 17.7. The highest BCUT2D eigenvalue weighted by Crippen LogP contribution is 2.53. The minimum Gasteiger partial charge on any atom is -0.346 e. The first-order chi connectivity index (χ1) is 24.9. The molecule has 0 aromatic heterocycles. The number of nitrogens with one attached hydrogen (secondary N) is 4. The fourth-order valence-electron chi connectivity index (χ4n) is 9.29. The molecule has 4 N–H and O–H groups in total. The van der Waals surface area contributed by atoms with Crippen LogP contribution in [0.1, 0.15) is 138 Å². The molecule has 1 aliphatic heterocycles. The Kier molecular flexibility index (Phi) is 14.3. The average molecular weight is 762 g/mol. The number of carbonyl (C=O) groups excluding carboxylic acids is 5. The lowest BCUT2D eigenvalue weighted by Gasteiger charge is -2.41. The van der Waals surface area contributed by atoms with Crippen LogP contribution in [0.4, 0.5) is 4.79 Å². The molecule has 0 radical (unpaired) electrons. The Morgan fingerprint density at radius 3 is 2.17 bits per heavy atom. The van der Waals surface area contributed by atoms with E-state index in [-0.39, 0.29) is 41.4 Å². The minimum atomic E-state index is -3.56. The third-order valence-corrected chi connectivity index (χ3v) is 15.5. The first kappa shape index (κ1) is 42.8. The van der Waals surface area contributed by atoms with Crippen LogP contribution in [-0.2, 0) is 29.0 Å². The Labute approximate surface area is 318 Å². The number of hydrogen-bond donors (Lipinski definition) is 4. The Morgan fingerprint density at radius 1 is 0.925 bits per heavy atom. The van der Waals surface area contributed by atoms with Crippen molar-refractivity contribution in [2.24, 2.45) is 23.2 Å². The van der Waals surface area contributed by atoms with Gasteiger partial charge in [-0.2, -0.15) is 0 Å². The van der Waals surface area contributed by atoms with Crippen molar-refractivity contribution in [3.8, 4) is 0 Å². The Balaban J connectivity index is 1.63. The maximum Gasteiger partial charge on any atom is 0.315 e. The molecule has 0 aromatic rings. The molecule has 53 heavy (non-hydrogen) atoms. The van der Waals surface area contributed by atoms with Gasteiger partial charge in [-0.15, -0.1) is 6.58 Å². The van der Waals surface area contributed by atoms with E-state index in [1.54, 1.807) is 25.7 Å². The summed E-state index contributed by atoms with van der Waals surface area (Å²) in [5.74, 6) is -2.70. The third-order valence-electron chi connectivity index (χ3n) is 12.7. The van der Waals surface area contributed by atoms with Crippen LogP contribution < -0.4 is 21.3 Å². The summed E-state index contributed by atoms with van der Waals surface area (Å²) in [5.41, 5.74) is -1.07. The van der Waals surface area contributed by atoms with Gasteiger partial charge >= 0.3 is 6.03 Å². The number of rotatable bonds is 15. The van der Waals surface area contributed by atoms with Crippen LogP contribution in [0.5, 0.6) is 0 Å². The summed E-state index contributed by atoms with van der Waals surface area (Å²) in [5, 5.41) is 11.6. The smallest absolute Gasteiger partial charge is 0.315 e. The molecule has 4 rings (SSSR count). The van der Waals surface area contributed by atoms with Crippen LogP contribution >= 0.6 is 0 Å². The summed E-state index contributed by atoms with van der Waals surface area (Å²) in [6.45, 7) is 15.4. The van der Waals surface area contributed by atoms with Gasteiger partial charge in [0.1, 0.15) is 12.1 Å². The van der Waals surface area contributed by atoms with Gasteiger partial charge in [0.25, 0.3) is 5.91 Å². The van der Waals surface area contributed by atoms with Crippen LogP contribution in [0.3, 0.4) is 0 Å². The lowest BCUT2D eigenvalue weighted by Crippen LogP contribution is -2.63. The highest BCUT2D eigenvalue weighted by atomic mass is 32.2. The minimum absolute atomic E-state index is 0.0387. The van der Waals surface area contributed by atoms with Gasteiger partial charge in [-0.3, -0.25) is 19.2 Å². The summed E-state index contributed by atoms with van der Waals surface area (Å²) in [4.78, 5) is 71.0. The van der Waals surface area contributed by atoms with Crippen LogP contribution in [-0.4, -0.2) is 90.1 Å². The van der Waals surface area contributed by atoms with Crippen LogP contribution in [0.25, 0.3) is 0 Å². The van der Waals surface area contributed by atoms with E-state index in [4.69, 9.17) is 0 Å². The summed E-state index contributed by atoms with van der Waals surface area (Å²) in [7, 11) is -3.56. The van der Waals surface area contributed by atoms with E-state index in [1.807, 2.05) is 6.92 Å². The van der Waals surface area contributed by atoms with Gasteiger partial charge in [0.2, 0.25) is 17.6 Å². The number of carbonyl (C=O) groups is 5. The van der Waals surface area contributed by atoms with Crippen molar-refractivity contribution in [2.75, 3.05) is 18.8 Å². The second-order valence-electron chi connectivity index (χ2n) is 18.0. The molecule has 4 aliphatic rings. The SMILES string of the molecule is C=CCNC(=O)C(=O)C(CCCC)NC(=O)[C@@H]1[C@H]2CCC(C)(C)[C@H]2CN1C(=O)[C@@H](NC(=O)NC1(CS(=O)(=O)C(C)(C)C)CCCCC1)C1CCCCC1. The molecule has 4 fully saturated rings. The Hall–Kier alpha value is -2.96. The molecular weight excluding hydrogens is 695 g/mol. The third kappa shape index (κ3) is 10.2. The van der Waals surface area contributed by atoms with E-state index in [2.05, 4.69) is 41.7 Å². The van der Waals surface area contributed by atoms with Gasteiger partial charge < -0.3 is 26.2 Å². The number of hydrogen-bond acceptors (Lipinski definition) is 7. The maximum atomic E-state index is 15.0. The monoisotopic (exact) mass is 761 g/mol. The lowest BCUT2D eigenvalue weighted by atomic mass is 9.79. The van der Waals surface area contributed by atoms with Crippen molar-refractivity contribution < 1.29 is 32.4 Å². The molecule has 0 aromatic carbocycles. The van der Waals surface area contributed by atoms with E-state index in [0.29, 0.717) is 32.2 Å². The number of nitrogens with zero attached hydrogens (tertiary/aromatic N) is 1. The van der Waals surface area contributed by atoms with E-state index < -0.39 is 61.9 Å². The topological polar surface area (TPSA) is 171 Å². The molecule has 12 nitrogen and oxygen atoms in total. The predicted molar refractivity (Wildman–Crippen MR) is 207 cm³/mol. The van der Waals surface area contributed by atoms with Crippen molar-refractivity contribution in [2.45, 2.75) is 166 Å². The van der Waals surface area contributed by atoms with Crippen molar-refractivity contribution in [1.29, 1.82) is 0 Å². The van der Waals surface area contributed by atoms with Gasteiger partial charge in [-0.1, -0.05) is 78.2 Å². The number of sulfone groups is 1. The summed E-state index contributed by atoms with van der Waals surface area (Å²) in [6, 6.07) is -3.36. The zero-order valence-corrected chi connectivity index (χ0v) is 34.0. The number of likely N-dealkylation sites (tertiary alicyclic amines) is 1. The molecule has 1 saturated heterocycles. The highest BCUT2D eigenvalue weighted by molar-refractivity contribution is 7.92. The average Bonchev–Trinajstić information content (AvgIpc) is 3.64. The Morgan fingerprint density at radius 2 is 1.57 bits per heavy atom. The number of fused-ring (bicyclic) bond motifs is 1. The molecule has 3 aliphatic carbocycles. The maximum absolute atomic E-state index is 15.0. The molecule has 1 unspecified atom stereocenters. The molecule has 1 heterocycles. The molecular formula is C40H67N5O7S. The largest absolute Gasteiger partial charge is 0.346 e. The summed E-state index contributed by atoms with van der Waals surface area (Å²) < 4.78 is 25.9. The van der Waals surface area contributed by atoms with Crippen LogP contribution in [0.2, 0.25) is 0 Å². The number of ketones is 1. The fraction of sp³-hybridized carbons (Fsp3) is 0.825. The van der Waals surface area contributed by atoms with Gasteiger partial charge in [0, 0.05) is 13.1 Å². The number of Topliss-reactive ketones (excluding diaryl/α,β-unsaturated/α-hetero) is 1. The fourth-order valence-corrected chi connectivity index (χ4v) is 10.8. The second-order valence-corrected chi connectivity index (χ2v) is 20.7. The van der Waals surface area contributed by atoms with E-state index in [9.17, 15) is 32.4 Å². The standard InChI is InChI=1S/C40H67N5O7S/c1-8-10-19-30(33(46)35(48)41-24-9-2)42-34(47)32-28-20-23-39(6,7)29(28)25-45(32)36(49)31(27-17-13-11-14-18-27)43-37(50)44-40(21-15-12-16-22-40)26-53(51,52)38(3,4)5/h9,27-32H,2,8,10-26H2,1,3-7H3,(H,41,48)(H,42,47)(H2,43,44,50)/t28-,29-,30?,31-,32-/m0/s1. The zero-order valence-electron chi connectivity index (χ0n) is 33.2. The molecule has 0 bridgehead atoms. The van der Waals surface area contributed by atoms with Gasteiger partial charge in [0.15, 0.2) is 9.84 Å². The molecule has 5 atom stereocenters. The quantitative estimate of drug-likeness (QED) is 0.135. The first-order valence-electron chi connectivity index (χ1n) is 20.2. The molecule has 3 saturated carbocycles. The first-order valence-corrected chi connectivity index (χ1v) is 21.9. The lowest BCUT2D eigenvalue weighted by molar-refractivity contribution is -0.144. The molecule has 13 heteroatoms. The van der Waals surface area contributed by atoms with Crippen molar-refractivity contribution in [3.63, 3.8) is 0 Å². The predicted octanol–water partition coefficient (Wildman–Crippen LogP) is 4.96.